The standard InChI is InChI=1S/C18H20N4O2S/c1-4-19-17(23)15-11(2)14-16(21-10-22-18(14)25-15)20-9-12-7-5-6-8-13(12)24-3/h5-8,10H,4,9H2,1-3H3,(H,19,23)(H,20,21,22). The number of carbonyl (C=O) groups excluding carboxylic acids is 1. The first-order chi connectivity index (χ1) is 12.2. The molecular formula is C18H20N4O2S. The average molecular weight is 356 g/mol. The summed E-state index contributed by atoms with van der Waals surface area (Å²) in [5, 5.41) is 7.08. The largest absolute Gasteiger partial charge is 0.496 e. The number of thiophene rings is 1. The van der Waals surface area contributed by atoms with Crippen molar-refractivity contribution in [3.05, 3.63) is 46.6 Å². The van der Waals surface area contributed by atoms with Crippen LogP contribution in [0.3, 0.4) is 0 Å². The van der Waals surface area contributed by atoms with E-state index in [9.17, 15) is 4.79 Å². The number of anilines is 1. The summed E-state index contributed by atoms with van der Waals surface area (Å²) in [6.07, 6.45) is 1.52. The highest BCUT2D eigenvalue weighted by atomic mass is 32.1. The van der Waals surface area contributed by atoms with Crippen LogP contribution in [0.2, 0.25) is 0 Å². The molecule has 3 rings (SSSR count). The highest BCUT2D eigenvalue weighted by molar-refractivity contribution is 7.20. The second-order valence-corrected chi connectivity index (χ2v) is 6.48. The average Bonchev–Trinajstić information content (AvgIpc) is 2.98. The van der Waals surface area contributed by atoms with Gasteiger partial charge in [0.15, 0.2) is 0 Å². The molecule has 0 fully saturated rings. The highest BCUT2D eigenvalue weighted by Crippen LogP contribution is 2.33. The lowest BCUT2D eigenvalue weighted by Crippen LogP contribution is -2.22. The van der Waals surface area contributed by atoms with Gasteiger partial charge >= 0.3 is 0 Å². The summed E-state index contributed by atoms with van der Waals surface area (Å²) in [6.45, 7) is 5.00. The quantitative estimate of drug-likeness (QED) is 0.708. The van der Waals surface area contributed by atoms with Crippen LogP contribution in [0.25, 0.3) is 10.2 Å². The van der Waals surface area contributed by atoms with Crippen molar-refractivity contribution < 1.29 is 9.53 Å². The fourth-order valence-corrected chi connectivity index (χ4v) is 3.76. The predicted molar refractivity (Wildman–Crippen MR) is 100 cm³/mol. The predicted octanol–water partition coefficient (Wildman–Crippen LogP) is 3.37. The number of nitrogens with zero attached hydrogens (tertiary/aromatic N) is 2. The number of aryl methyl sites for hydroxylation is 1. The second kappa shape index (κ2) is 7.48. The van der Waals surface area contributed by atoms with Crippen molar-refractivity contribution in [1.29, 1.82) is 0 Å². The molecule has 2 N–H and O–H groups in total. The summed E-state index contributed by atoms with van der Waals surface area (Å²) >= 11 is 1.39. The van der Waals surface area contributed by atoms with E-state index in [1.807, 2.05) is 38.1 Å². The van der Waals surface area contributed by atoms with Gasteiger partial charge in [0.05, 0.1) is 17.4 Å². The van der Waals surface area contributed by atoms with Crippen molar-refractivity contribution in [2.45, 2.75) is 20.4 Å². The molecule has 1 aromatic carbocycles. The van der Waals surface area contributed by atoms with Gasteiger partial charge in [-0.15, -0.1) is 11.3 Å². The summed E-state index contributed by atoms with van der Waals surface area (Å²) in [6, 6.07) is 7.84. The Bertz CT molecular complexity index is 907. The minimum atomic E-state index is -0.0707. The molecule has 7 heteroatoms. The number of rotatable bonds is 6. The summed E-state index contributed by atoms with van der Waals surface area (Å²) in [5.41, 5.74) is 1.93. The number of hydrogen-bond acceptors (Lipinski definition) is 6. The Kier molecular flexibility index (Phi) is 5.14. The van der Waals surface area contributed by atoms with Gasteiger partial charge < -0.3 is 15.4 Å². The summed E-state index contributed by atoms with van der Waals surface area (Å²) in [4.78, 5) is 22.4. The van der Waals surface area contributed by atoms with Crippen LogP contribution in [0.4, 0.5) is 5.82 Å². The lowest BCUT2D eigenvalue weighted by Gasteiger charge is -2.10. The normalized spacial score (nSPS) is 10.7. The van der Waals surface area contributed by atoms with Gasteiger partial charge in [0.1, 0.15) is 22.7 Å². The van der Waals surface area contributed by atoms with Crippen molar-refractivity contribution in [3.63, 3.8) is 0 Å². The number of para-hydroxylation sites is 1. The Morgan fingerprint density at radius 1 is 1.28 bits per heavy atom. The minimum absolute atomic E-state index is 0.0707. The van der Waals surface area contributed by atoms with Crippen molar-refractivity contribution in [3.8, 4) is 5.75 Å². The lowest BCUT2D eigenvalue weighted by molar-refractivity contribution is 0.0959. The van der Waals surface area contributed by atoms with Crippen LogP contribution in [-0.2, 0) is 6.54 Å². The second-order valence-electron chi connectivity index (χ2n) is 5.48. The van der Waals surface area contributed by atoms with E-state index in [0.29, 0.717) is 18.0 Å². The number of carbonyl (C=O) groups is 1. The molecule has 6 nitrogen and oxygen atoms in total. The van der Waals surface area contributed by atoms with Gasteiger partial charge in [-0.05, 0) is 25.5 Å². The molecule has 0 unspecified atom stereocenters. The number of methoxy groups -OCH3 is 1. The maximum Gasteiger partial charge on any atom is 0.261 e. The van der Waals surface area contributed by atoms with Gasteiger partial charge in [0, 0.05) is 18.7 Å². The fourth-order valence-electron chi connectivity index (χ4n) is 2.69. The number of ether oxygens (including phenoxy) is 1. The molecule has 0 aliphatic heterocycles. The van der Waals surface area contributed by atoms with E-state index in [1.165, 1.54) is 17.7 Å². The monoisotopic (exact) mass is 356 g/mol. The Morgan fingerprint density at radius 3 is 2.84 bits per heavy atom. The molecule has 1 amide bonds. The van der Waals surface area contributed by atoms with E-state index in [4.69, 9.17) is 4.74 Å². The van der Waals surface area contributed by atoms with Crippen LogP contribution in [0.5, 0.6) is 5.75 Å². The Balaban J connectivity index is 1.93. The highest BCUT2D eigenvalue weighted by Gasteiger charge is 2.18. The van der Waals surface area contributed by atoms with Crippen LogP contribution in [0.1, 0.15) is 27.7 Å². The van der Waals surface area contributed by atoms with Crippen molar-refractivity contribution in [2.24, 2.45) is 0 Å². The maximum atomic E-state index is 12.2. The molecule has 0 aliphatic carbocycles. The number of nitrogens with one attached hydrogen (secondary N) is 2. The molecule has 0 radical (unpaired) electrons. The molecular weight excluding hydrogens is 336 g/mol. The number of hydrogen-bond donors (Lipinski definition) is 2. The Labute approximate surface area is 150 Å². The molecule has 0 spiro atoms. The van der Waals surface area contributed by atoms with Gasteiger partial charge in [-0.3, -0.25) is 4.79 Å². The summed E-state index contributed by atoms with van der Waals surface area (Å²) < 4.78 is 5.38. The molecule has 2 heterocycles. The van der Waals surface area contributed by atoms with Crippen LogP contribution >= 0.6 is 11.3 Å². The molecule has 130 valence electrons. The molecule has 0 saturated heterocycles. The zero-order valence-electron chi connectivity index (χ0n) is 14.4. The van der Waals surface area contributed by atoms with Gasteiger partial charge in [0.25, 0.3) is 5.91 Å². The molecule has 0 atom stereocenters. The van der Waals surface area contributed by atoms with Gasteiger partial charge in [0.2, 0.25) is 0 Å². The topological polar surface area (TPSA) is 76.1 Å². The smallest absolute Gasteiger partial charge is 0.261 e. The van der Waals surface area contributed by atoms with E-state index in [2.05, 4.69) is 20.6 Å². The summed E-state index contributed by atoms with van der Waals surface area (Å²) in [5.74, 6) is 1.48. The third-order valence-corrected chi connectivity index (χ3v) is 5.11. The zero-order chi connectivity index (χ0) is 17.8. The van der Waals surface area contributed by atoms with Crippen molar-refractivity contribution in [2.75, 3.05) is 19.0 Å². The van der Waals surface area contributed by atoms with Gasteiger partial charge in [-0.2, -0.15) is 0 Å². The maximum absolute atomic E-state index is 12.2. The number of fused-ring (bicyclic) bond motifs is 1. The third-order valence-electron chi connectivity index (χ3n) is 3.91. The van der Waals surface area contributed by atoms with Crippen molar-refractivity contribution in [1.82, 2.24) is 15.3 Å². The Hall–Kier alpha value is -2.67. The molecule has 2 aromatic heterocycles. The van der Waals surface area contributed by atoms with Crippen molar-refractivity contribution >= 4 is 33.3 Å². The number of benzene rings is 1. The first kappa shape index (κ1) is 17.2. The molecule has 0 saturated carbocycles. The molecule has 25 heavy (non-hydrogen) atoms. The van der Waals surface area contributed by atoms with Gasteiger partial charge in [-0.25, -0.2) is 9.97 Å². The first-order valence-corrected chi connectivity index (χ1v) is 8.85. The van der Waals surface area contributed by atoms with Crippen LogP contribution in [0.15, 0.2) is 30.6 Å². The minimum Gasteiger partial charge on any atom is -0.496 e. The number of aromatic nitrogens is 2. The van der Waals surface area contributed by atoms with Gasteiger partial charge in [-0.1, -0.05) is 18.2 Å². The Morgan fingerprint density at radius 2 is 2.08 bits per heavy atom. The number of amides is 1. The van der Waals surface area contributed by atoms with E-state index >= 15 is 0 Å². The zero-order valence-corrected chi connectivity index (χ0v) is 15.2. The van der Waals surface area contributed by atoms with E-state index in [0.717, 1.165) is 32.9 Å². The van der Waals surface area contributed by atoms with Crippen LogP contribution in [-0.4, -0.2) is 29.5 Å². The van der Waals surface area contributed by atoms with Crippen LogP contribution < -0.4 is 15.4 Å². The SMILES string of the molecule is CCNC(=O)c1sc2ncnc(NCc3ccccc3OC)c2c1C. The molecule has 0 aliphatic rings. The van der Waals surface area contributed by atoms with E-state index in [1.54, 1.807) is 7.11 Å². The lowest BCUT2D eigenvalue weighted by atomic mass is 10.1. The fraction of sp³-hybridized carbons (Fsp3) is 0.278. The first-order valence-electron chi connectivity index (χ1n) is 8.03. The van der Waals surface area contributed by atoms with E-state index in [-0.39, 0.29) is 5.91 Å². The molecule has 3 aromatic rings. The summed E-state index contributed by atoms with van der Waals surface area (Å²) in [7, 11) is 1.66. The molecule has 0 bridgehead atoms. The van der Waals surface area contributed by atoms with E-state index < -0.39 is 0 Å². The van der Waals surface area contributed by atoms with Crippen LogP contribution in [0, 0.1) is 6.92 Å². The third kappa shape index (κ3) is 3.41.